The van der Waals surface area contributed by atoms with E-state index >= 15 is 0 Å². The molecule has 2 aromatic rings. The molecule has 23 heavy (non-hydrogen) atoms. The van der Waals surface area contributed by atoms with Gasteiger partial charge in [-0.05, 0) is 29.8 Å². The van der Waals surface area contributed by atoms with E-state index in [0.717, 1.165) is 0 Å². The van der Waals surface area contributed by atoms with E-state index < -0.39 is 5.82 Å². The highest BCUT2D eigenvalue weighted by Gasteiger charge is 2.13. The quantitative estimate of drug-likeness (QED) is 0.620. The van der Waals surface area contributed by atoms with Crippen LogP contribution in [0, 0.1) is 17.1 Å². The third kappa shape index (κ3) is 3.43. The van der Waals surface area contributed by atoms with Gasteiger partial charge in [-0.15, -0.1) is 0 Å². The normalized spacial score (nSPS) is 10.8. The highest BCUT2D eigenvalue weighted by atomic mass is 19.1. The molecule has 2 aromatic carbocycles. The van der Waals surface area contributed by atoms with Crippen molar-refractivity contribution in [3.05, 3.63) is 53.3 Å². The predicted molar refractivity (Wildman–Crippen MR) is 86.0 cm³/mol. The van der Waals surface area contributed by atoms with Gasteiger partial charge in [0.25, 0.3) is 0 Å². The fourth-order valence-corrected chi connectivity index (χ4v) is 2.20. The number of rotatable bonds is 5. The molecule has 0 unspecified atom stereocenters. The molecule has 0 N–H and O–H groups in total. The van der Waals surface area contributed by atoms with Crippen LogP contribution in [0.5, 0.6) is 17.2 Å². The number of benzene rings is 2. The molecule has 0 aliphatic heterocycles. The Kier molecular flexibility index (Phi) is 5.21. The monoisotopic (exact) mass is 313 g/mol. The molecular formula is C18H16FNO3. The van der Waals surface area contributed by atoms with Crippen molar-refractivity contribution in [3.63, 3.8) is 0 Å². The maximum Gasteiger partial charge on any atom is 0.203 e. The van der Waals surface area contributed by atoms with E-state index in [9.17, 15) is 9.65 Å². The minimum absolute atomic E-state index is 0.206. The van der Waals surface area contributed by atoms with Crippen LogP contribution in [0.4, 0.5) is 4.39 Å². The van der Waals surface area contributed by atoms with Crippen LogP contribution in [0.15, 0.2) is 36.4 Å². The smallest absolute Gasteiger partial charge is 0.203 e. The number of ether oxygens (including phenoxy) is 3. The molecule has 118 valence electrons. The summed E-state index contributed by atoms with van der Waals surface area (Å²) >= 11 is 0. The van der Waals surface area contributed by atoms with E-state index in [4.69, 9.17) is 14.2 Å². The Morgan fingerprint density at radius 3 is 2.13 bits per heavy atom. The average molecular weight is 313 g/mol. The zero-order valence-electron chi connectivity index (χ0n) is 13.1. The van der Waals surface area contributed by atoms with Gasteiger partial charge in [0.05, 0.1) is 33.0 Å². The lowest BCUT2D eigenvalue weighted by molar-refractivity contribution is 0.324. The lowest BCUT2D eigenvalue weighted by Crippen LogP contribution is -1.96. The van der Waals surface area contributed by atoms with Crippen molar-refractivity contribution in [2.45, 2.75) is 0 Å². The highest BCUT2D eigenvalue weighted by molar-refractivity contribution is 5.90. The molecule has 0 atom stereocenters. The van der Waals surface area contributed by atoms with Crippen LogP contribution in [0.3, 0.4) is 0 Å². The van der Waals surface area contributed by atoms with Gasteiger partial charge in [-0.3, -0.25) is 0 Å². The molecule has 0 spiro atoms. The largest absolute Gasteiger partial charge is 0.493 e. The highest BCUT2D eigenvalue weighted by Crippen LogP contribution is 2.39. The van der Waals surface area contributed by atoms with E-state index in [1.807, 2.05) is 6.07 Å². The third-order valence-electron chi connectivity index (χ3n) is 3.28. The third-order valence-corrected chi connectivity index (χ3v) is 3.28. The van der Waals surface area contributed by atoms with Crippen LogP contribution in [-0.2, 0) is 0 Å². The first-order valence-electron chi connectivity index (χ1n) is 6.81. The molecule has 0 aromatic heterocycles. The number of nitriles is 1. The Labute approximate surface area is 134 Å². The molecule has 0 radical (unpaired) electrons. The zero-order chi connectivity index (χ0) is 16.8. The van der Waals surface area contributed by atoms with E-state index in [1.165, 1.54) is 27.4 Å². The van der Waals surface area contributed by atoms with Gasteiger partial charge in [0, 0.05) is 5.56 Å². The topological polar surface area (TPSA) is 51.5 Å². The number of methoxy groups -OCH3 is 3. The van der Waals surface area contributed by atoms with Crippen molar-refractivity contribution in [1.29, 1.82) is 5.26 Å². The predicted octanol–water partition coefficient (Wildman–Crippen LogP) is 3.92. The Morgan fingerprint density at radius 2 is 1.65 bits per heavy atom. The SMILES string of the molecule is COc1cc(C=C(C#N)c2ccccc2F)cc(OC)c1OC. The molecule has 0 saturated carbocycles. The van der Waals surface area contributed by atoms with Gasteiger partial charge in [0.1, 0.15) is 5.82 Å². The van der Waals surface area contributed by atoms with Crippen LogP contribution in [0.2, 0.25) is 0 Å². The zero-order valence-corrected chi connectivity index (χ0v) is 13.1. The summed E-state index contributed by atoms with van der Waals surface area (Å²) in [5.41, 5.74) is 1.08. The van der Waals surface area contributed by atoms with Crippen LogP contribution >= 0.6 is 0 Å². The van der Waals surface area contributed by atoms with Gasteiger partial charge in [0.15, 0.2) is 11.5 Å². The summed E-state index contributed by atoms with van der Waals surface area (Å²) in [7, 11) is 4.52. The average Bonchev–Trinajstić information content (AvgIpc) is 2.59. The van der Waals surface area contributed by atoms with Gasteiger partial charge < -0.3 is 14.2 Å². The van der Waals surface area contributed by atoms with Gasteiger partial charge in [-0.2, -0.15) is 5.26 Å². The molecule has 0 aliphatic rings. The fraction of sp³-hybridized carbons (Fsp3) is 0.167. The van der Waals surface area contributed by atoms with Gasteiger partial charge in [-0.1, -0.05) is 18.2 Å². The summed E-state index contributed by atoms with van der Waals surface area (Å²) in [6.45, 7) is 0. The van der Waals surface area contributed by atoms with Crippen LogP contribution in [0.1, 0.15) is 11.1 Å². The minimum Gasteiger partial charge on any atom is -0.493 e. The summed E-state index contributed by atoms with van der Waals surface area (Å²) in [5, 5.41) is 9.35. The van der Waals surface area contributed by atoms with Crippen molar-refractivity contribution < 1.29 is 18.6 Å². The van der Waals surface area contributed by atoms with Crippen molar-refractivity contribution in [3.8, 4) is 23.3 Å². The molecule has 0 amide bonds. The lowest BCUT2D eigenvalue weighted by atomic mass is 10.0. The maximum atomic E-state index is 13.9. The van der Waals surface area contributed by atoms with Gasteiger partial charge >= 0.3 is 0 Å². The van der Waals surface area contributed by atoms with Crippen LogP contribution < -0.4 is 14.2 Å². The van der Waals surface area contributed by atoms with E-state index in [-0.39, 0.29) is 11.1 Å². The number of nitrogens with zero attached hydrogens (tertiary/aromatic N) is 1. The number of halogens is 1. The van der Waals surface area contributed by atoms with Gasteiger partial charge in [0.2, 0.25) is 5.75 Å². The van der Waals surface area contributed by atoms with Crippen LogP contribution in [0.25, 0.3) is 11.6 Å². The second-order valence-corrected chi connectivity index (χ2v) is 4.61. The summed E-state index contributed by atoms with van der Waals surface area (Å²) in [6.07, 6.45) is 1.57. The van der Waals surface area contributed by atoms with Crippen LogP contribution in [-0.4, -0.2) is 21.3 Å². The first-order valence-corrected chi connectivity index (χ1v) is 6.81. The molecule has 4 nitrogen and oxygen atoms in total. The Bertz CT molecular complexity index is 753. The molecule has 0 heterocycles. The van der Waals surface area contributed by atoms with E-state index in [0.29, 0.717) is 22.8 Å². The second kappa shape index (κ2) is 7.32. The molecule has 0 aliphatic carbocycles. The van der Waals surface area contributed by atoms with Gasteiger partial charge in [-0.25, -0.2) is 4.39 Å². The Hall–Kier alpha value is -3.00. The number of hydrogen-bond donors (Lipinski definition) is 0. The second-order valence-electron chi connectivity index (χ2n) is 4.61. The van der Waals surface area contributed by atoms with E-state index in [1.54, 1.807) is 36.4 Å². The molecule has 0 bridgehead atoms. The summed E-state index contributed by atoms with van der Waals surface area (Å²) in [5.74, 6) is 0.928. The van der Waals surface area contributed by atoms with E-state index in [2.05, 4.69) is 0 Å². The summed E-state index contributed by atoms with van der Waals surface area (Å²) in [6, 6.07) is 11.5. The minimum atomic E-state index is -0.451. The van der Waals surface area contributed by atoms with Crippen molar-refractivity contribution >= 4 is 11.6 Å². The Balaban J connectivity index is 2.57. The first kappa shape index (κ1) is 16.4. The van der Waals surface area contributed by atoms with Crippen molar-refractivity contribution in [1.82, 2.24) is 0 Å². The van der Waals surface area contributed by atoms with Crippen molar-refractivity contribution in [2.75, 3.05) is 21.3 Å². The molecule has 0 saturated heterocycles. The molecule has 5 heteroatoms. The van der Waals surface area contributed by atoms with Crippen molar-refractivity contribution in [2.24, 2.45) is 0 Å². The molecular weight excluding hydrogens is 297 g/mol. The molecule has 2 rings (SSSR count). The lowest BCUT2D eigenvalue weighted by Gasteiger charge is -2.13. The maximum absolute atomic E-state index is 13.9. The standard InChI is InChI=1S/C18H16FNO3/c1-21-16-9-12(10-17(22-2)18(16)23-3)8-13(11-20)14-6-4-5-7-15(14)19/h4-10H,1-3H3. The first-order chi connectivity index (χ1) is 11.1. The Morgan fingerprint density at radius 1 is 1.04 bits per heavy atom. The number of allylic oxidation sites excluding steroid dienone is 1. The summed E-state index contributed by atoms with van der Waals surface area (Å²) in [4.78, 5) is 0. The molecule has 0 fully saturated rings. The summed E-state index contributed by atoms with van der Waals surface area (Å²) < 4.78 is 29.7. The number of hydrogen-bond acceptors (Lipinski definition) is 4. The fourth-order valence-electron chi connectivity index (χ4n) is 2.20.